The van der Waals surface area contributed by atoms with Crippen molar-refractivity contribution in [3.05, 3.63) is 46.0 Å². The lowest BCUT2D eigenvalue weighted by Crippen LogP contribution is -2.20. The highest BCUT2D eigenvalue weighted by Gasteiger charge is 2.09. The summed E-state index contributed by atoms with van der Waals surface area (Å²) >= 11 is 1.43. The van der Waals surface area contributed by atoms with Gasteiger partial charge in [0.1, 0.15) is 5.01 Å². The first kappa shape index (κ1) is 20.1. The Morgan fingerprint density at radius 3 is 2.82 bits per heavy atom. The van der Waals surface area contributed by atoms with E-state index in [1.165, 1.54) is 11.3 Å². The number of nitrogens with zero attached hydrogens (tertiary/aromatic N) is 4. The molecule has 0 fully saturated rings. The maximum absolute atomic E-state index is 12.4. The van der Waals surface area contributed by atoms with Crippen molar-refractivity contribution in [3.8, 4) is 0 Å². The molecular weight excluding hydrogens is 374 g/mol. The Labute approximate surface area is 167 Å². The van der Waals surface area contributed by atoms with Gasteiger partial charge in [0.15, 0.2) is 0 Å². The summed E-state index contributed by atoms with van der Waals surface area (Å²) in [6.07, 6.45) is 5.35. The van der Waals surface area contributed by atoms with Crippen LogP contribution in [0.2, 0.25) is 0 Å². The second-order valence-electron chi connectivity index (χ2n) is 7.22. The zero-order chi connectivity index (χ0) is 19.9. The lowest BCUT2D eigenvalue weighted by molar-refractivity contribution is -0.116. The summed E-state index contributed by atoms with van der Waals surface area (Å²) in [5.41, 5.74) is 0.700. The van der Waals surface area contributed by atoms with Crippen LogP contribution >= 0.6 is 11.3 Å². The number of anilines is 1. The summed E-state index contributed by atoms with van der Waals surface area (Å²) in [5, 5.41) is 13.1. The predicted molar refractivity (Wildman–Crippen MR) is 112 cm³/mol. The van der Waals surface area contributed by atoms with Crippen LogP contribution in [0.5, 0.6) is 0 Å². The van der Waals surface area contributed by atoms with Gasteiger partial charge in [-0.05, 0) is 30.9 Å². The fraction of sp³-hybridized carbons (Fsp3) is 0.450. The van der Waals surface area contributed by atoms with Crippen LogP contribution in [0.25, 0.3) is 10.9 Å². The lowest BCUT2D eigenvalue weighted by atomic mass is 10.1. The maximum Gasteiger partial charge on any atom is 0.261 e. The van der Waals surface area contributed by atoms with Crippen molar-refractivity contribution < 1.29 is 4.79 Å². The average molecular weight is 400 g/mol. The van der Waals surface area contributed by atoms with E-state index >= 15 is 0 Å². The van der Waals surface area contributed by atoms with E-state index in [1.54, 1.807) is 17.0 Å². The molecule has 0 saturated carbocycles. The van der Waals surface area contributed by atoms with Crippen LogP contribution in [-0.2, 0) is 17.8 Å². The quantitative estimate of drug-likeness (QED) is 0.555. The van der Waals surface area contributed by atoms with Crippen LogP contribution in [0.3, 0.4) is 0 Å². The molecule has 0 unspecified atom stereocenters. The highest BCUT2D eigenvalue weighted by Crippen LogP contribution is 2.18. The molecule has 2 heterocycles. The molecule has 0 radical (unpaired) electrons. The Balaban J connectivity index is 1.40. The van der Waals surface area contributed by atoms with Gasteiger partial charge in [-0.2, -0.15) is 0 Å². The van der Waals surface area contributed by atoms with Crippen LogP contribution in [0.4, 0.5) is 5.13 Å². The Morgan fingerprint density at radius 1 is 1.18 bits per heavy atom. The number of hydrogen-bond acceptors (Lipinski definition) is 6. The summed E-state index contributed by atoms with van der Waals surface area (Å²) in [4.78, 5) is 28.8. The minimum atomic E-state index is -0.0446. The molecule has 0 bridgehead atoms. The van der Waals surface area contributed by atoms with Gasteiger partial charge < -0.3 is 5.32 Å². The molecule has 0 aliphatic rings. The van der Waals surface area contributed by atoms with Gasteiger partial charge in [0.05, 0.1) is 17.2 Å². The topological polar surface area (TPSA) is 89.8 Å². The number of nitrogens with one attached hydrogen (secondary N) is 1. The number of rotatable bonds is 9. The van der Waals surface area contributed by atoms with Gasteiger partial charge in [0, 0.05) is 19.4 Å². The second kappa shape index (κ2) is 9.54. The molecule has 7 nitrogen and oxygen atoms in total. The van der Waals surface area contributed by atoms with E-state index in [0.717, 1.165) is 30.7 Å². The van der Waals surface area contributed by atoms with E-state index < -0.39 is 0 Å². The Bertz CT molecular complexity index is 995. The predicted octanol–water partition coefficient (Wildman–Crippen LogP) is 3.65. The first-order valence-corrected chi connectivity index (χ1v) is 10.4. The summed E-state index contributed by atoms with van der Waals surface area (Å²) < 4.78 is 1.64. The van der Waals surface area contributed by atoms with Crippen LogP contribution in [0, 0.1) is 5.92 Å². The number of amides is 1. The van der Waals surface area contributed by atoms with Gasteiger partial charge in [-0.1, -0.05) is 43.7 Å². The molecule has 1 N–H and O–H groups in total. The van der Waals surface area contributed by atoms with Crippen LogP contribution in [-0.4, -0.2) is 25.7 Å². The summed E-state index contributed by atoms with van der Waals surface area (Å²) in [6.45, 7) is 4.86. The molecule has 28 heavy (non-hydrogen) atoms. The van der Waals surface area contributed by atoms with Gasteiger partial charge in [-0.25, -0.2) is 4.98 Å². The molecule has 3 aromatic rings. The van der Waals surface area contributed by atoms with Crippen molar-refractivity contribution >= 4 is 33.3 Å². The largest absolute Gasteiger partial charge is 0.301 e. The number of aryl methyl sites for hydroxylation is 1. The molecule has 0 aliphatic carbocycles. The van der Waals surface area contributed by atoms with E-state index in [4.69, 9.17) is 0 Å². The fourth-order valence-corrected chi connectivity index (χ4v) is 3.90. The molecule has 0 aliphatic heterocycles. The molecule has 1 amide bonds. The first-order chi connectivity index (χ1) is 13.5. The van der Waals surface area contributed by atoms with Gasteiger partial charge in [0.25, 0.3) is 5.56 Å². The SMILES string of the molecule is CC(C)Cc1nnc(NC(=O)CCCCCn2cnc3ccccc3c2=O)s1. The van der Waals surface area contributed by atoms with E-state index in [1.807, 2.05) is 18.2 Å². The number of carbonyl (C=O) groups is 1. The van der Waals surface area contributed by atoms with E-state index in [-0.39, 0.29) is 11.5 Å². The standard InChI is InChI=1S/C20H25N5O2S/c1-14(2)12-18-23-24-20(28-18)22-17(26)10-4-3-7-11-25-13-21-16-9-6-5-8-15(16)19(25)27/h5-6,8-9,13-14H,3-4,7,10-12H2,1-2H3,(H,22,24,26). The van der Waals surface area contributed by atoms with Crippen molar-refractivity contribution in [1.82, 2.24) is 19.7 Å². The number of fused-ring (bicyclic) bond motifs is 1. The molecule has 148 valence electrons. The Hall–Kier alpha value is -2.61. The van der Waals surface area contributed by atoms with Crippen LogP contribution in [0.1, 0.15) is 44.5 Å². The molecule has 2 aromatic heterocycles. The smallest absolute Gasteiger partial charge is 0.261 e. The lowest BCUT2D eigenvalue weighted by Gasteiger charge is -2.06. The van der Waals surface area contributed by atoms with Gasteiger partial charge in [-0.3, -0.25) is 14.2 Å². The number of unbranched alkanes of at least 4 members (excludes halogenated alkanes) is 2. The zero-order valence-electron chi connectivity index (χ0n) is 16.2. The number of para-hydroxylation sites is 1. The van der Waals surface area contributed by atoms with Crippen molar-refractivity contribution in [1.29, 1.82) is 0 Å². The molecule has 8 heteroatoms. The third kappa shape index (κ3) is 5.45. The van der Waals surface area contributed by atoms with E-state index in [2.05, 4.69) is 34.3 Å². The molecule has 0 spiro atoms. The normalized spacial score (nSPS) is 11.2. The van der Waals surface area contributed by atoms with Crippen molar-refractivity contribution in [2.75, 3.05) is 5.32 Å². The maximum atomic E-state index is 12.4. The molecule has 0 saturated heterocycles. The Morgan fingerprint density at radius 2 is 2.00 bits per heavy atom. The summed E-state index contributed by atoms with van der Waals surface area (Å²) in [6, 6.07) is 7.35. The molecule has 1 aromatic carbocycles. The minimum absolute atomic E-state index is 0.0168. The summed E-state index contributed by atoms with van der Waals surface area (Å²) in [7, 11) is 0. The number of benzene rings is 1. The van der Waals surface area contributed by atoms with Crippen molar-refractivity contribution in [2.45, 2.75) is 52.5 Å². The number of aromatic nitrogens is 4. The third-order valence-electron chi connectivity index (χ3n) is 4.33. The first-order valence-electron chi connectivity index (χ1n) is 9.59. The number of carbonyl (C=O) groups excluding carboxylic acids is 1. The second-order valence-corrected chi connectivity index (χ2v) is 8.28. The summed E-state index contributed by atoms with van der Waals surface area (Å²) in [5.74, 6) is 0.471. The molecule has 3 rings (SSSR count). The molecule has 0 atom stereocenters. The van der Waals surface area contributed by atoms with Crippen LogP contribution < -0.4 is 10.9 Å². The van der Waals surface area contributed by atoms with Crippen molar-refractivity contribution in [3.63, 3.8) is 0 Å². The van der Waals surface area contributed by atoms with Crippen molar-refractivity contribution in [2.24, 2.45) is 5.92 Å². The van der Waals surface area contributed by atoms with Crippen LogP contribution in [0.15, 0.2) is 35.4 Å². The minimum Gasteiger partial charge on any atom is -0.301 e. The highest BCUT2D eigenvalue weighted by atomic mass is 32.1. The zero-order valence-corrected chi connectivity index (χ0v) is 17.0. The van der Waals surface area contributed by atoms with E-state index in [9.17, 15) is 9.59 Å². The monoisotopic (exact) mass is 399 g/mol. The van der Waals surface area contributed by atoms with Gasteiger partial charge in [-0.15, -0.1) is 10.2 Å². The Kier molecular flexibility index (Phi) is 6.86. The van der Waals surface area contributed by atoms with Gasteiger partial charge >= 0.3 is 0 Å². The average Bonchev–Trinajstić information content (AvgIpc) is 3.09. The van der Waals surface area contributed by atoms with Gasteiger partial charge in [0.2, 0.25) is 11.0 Å². The number of hydrogen-bond donors (Lipinski definition) is 1. The molecular formula is C20H25N5O2S. The third-order valence-corrected chi connectivity index (χ3v) is 5.19. The van der Waals surface area contributed by atoms with E-state index in [0.29, 0.717) is 34.9 Å². The highest BCUT2D eigenvalue weighted by molar-refractivity contribution is 7.15. The fourth-order valence-electron chi connectivity index (χ4n) is 2.93.